The lowest BCUT2D eigenvalue weighted by molar-refractivity contribution is 0.447. The Morgan fingerprint density at radius 3 is 2.83 bits per heavy atom. The number of anilines is 2. The first-order valence-electron chi connectivity index (χ1n) is 8.34. The second-order valence-electron chi connectivity index (χ2n) is 5.97. The van der Waals surface area contributed by atoms with Crippen LogP contribution in [0.2, 0.25) is 5.02 Å². The molecule has 5 heteroatoms. The van der Waals surface area contributed by atoms with Crippen LogP contribution in [0, 0.1) is 0 Å². The number of aromatic nitrogens is 2. The average molecular weight is 331 g/mol. The van der Waals surface area contributed by atoms with Gasteiger partial charge in [-0.15, -0.1) is 0 Å². The Balaban J connectivity index is 1.68. The van der Waals surface area contributed by atoms with E-state index >= 15 is 0 Å². The van der Waals surface area contributed by atoms with Gasteiger partial charge in [0.15, 0.2) is 0 Å². The van der Waals surface area contributed by atoms with Crippen LogP contribution in [0.25, 0.3) is 0 Å². The molecule has 0 radical (unpaired) electrons. The van der Waals surface area contributed by atoms with Crippen molar-refractivity contribution in [3.63, 3.8) is 0 Å². The molecule has 0 spiro atoms. The molecule has 1 unspecified atom stereocenters. The summed E-state index contributed by atoms with van der Waals surface area (Å²) in [6.45, 7) is 4.04. The number of benzene rings is 1. The monoisotopic (exact) mass is 330 g/mol. The highest BCUT2D eigenvalue weighted by Crippen LogP contribution is 2.25. The van der Waals surface area contributed by atoms with E-state index in [1.165, 1.54) is 19.3 Å². The molecule has 3 rings (SSSR count). The van der Waals surface area contributed by atoms with Gasteiger partial charge in [0.2, 0.25) is 5.95 Å². The average Bonchev–Trinajstić information content (AvgIpc) is 2.61. The van der Waals surface area contributed by atoms with Gasteiger partial charge >= 0.3 is 0 Å². The molecule has 1 aliphatic rings. The number of hydrogen-bond acceptors (Lipinski definition) is 4. The molecular weight excluding hydrogens is 308 g/mol. The zero-order valence-electron chi connectivity index (χ0n) is 13.5. The summed E-state index contributed by atoms with van der Waals surface area (Å²) in [5, 5.41) is 4.05. The van der Waals surface area contributed by atoms with E-state index in [0.717, 1.165) is 29.4 Å². The van der Waals surface area contributed by atoms with Gasteiger partial charge in [0, 0.05) is 30.4 Å². The number of piperidine rings is 1. The summed E-state index contributed by atoms with van der Waals surface area (Å²) in [6, 6.07) is 10.4. The Morgan fingerprint density at radius 2 is 2.04 bits per heavy atom. The topological polar surface area (TPSA) is 41.1 Å². The van der Waals surface area contributed by atoms with Crippen molar-refractivity contribution in [3.05, 3.63) is 47.1 Å². The number of nitrogens with one attached hydrogen (secondary N) is 1. The summed E-state index contributed by atoms with van der Waals surface area (Å²) < 4.78 is 0. The molecular formula is C18H23ClN4. The van der Waals surface area contributed by atoms with Crippen LogP contribution in [0.5, 0.6) is 0 Å². The maximum absolute atomic E-state index is 5.91. The fourth-order valence-corrected chi connectivity index (χ4v) is 3.23. The standard InChI is InChI=1S/C18H23ClN4/c1-2-16-5-3-4-12-23(16)17-10-11-20-18(22-17)21-13-14-6-8-15(19)9-7-14/h6-11,16H,2-5,12-13H2,1H3,(H,20,21,22). The van der Waals surface area contributed by atoms with Crippen LogP contribution in [0.4, 0.5) is 11.8 Å². The lowest BCUT2D eigenvalue weighted by Gasteiger charge is -2.36. The molecule has 1 aromatic heterocycles. The van der Waals surface area contributed by atoms with Crippen LogP contribution in [-0.2, 0) is 6.54 Å². The van der Waals surface area contributed by atoms with Crippen LogP contribution < -0.4 is 10.2 Å². The third-order valence-corrected chi connectivity index (χ3v) is 4.65. The van der Waals surface area contributed by atoms with Crippen LogP contribution in [0.15, 0.2) is 36.5 Å². The SMILES string of the molecule is CCC1CCCCN1c1ccnc(NCc2ccc(Cl)cc2)n1. The number of rotatable bonds is 5. The van der Waals surface area contributed by atoms with Gasteiger partial charge in [-0.3, -0.25) is 0 Å². The fraction of sp³-hybridized carbons (Fsp3) is 0.444. The molecule has 0 saturated carbocycles. The maximum Gasteiger partial charge on any atom is 0.224 e. The van der Waals surface area contributed by atoms with Crippen LogP contribution in [0.1, 0.15) is 38.2 Å². The van der Waals surface area contributed by atoms with E-state index in [9.17, 15) is 0 Å². The van der Waals surface area contributed by atoms with E-state index in [0.29, 0.717) is 18.5 Å². The van der Waals surface area contributed by atoms with Gasteiger partial charge in [-0.1, -0.05) is 30.7 Å². The molecule has 0 amide bonds. The molecule has 4 nitrogen and oxygen atoms in total. The predicted molar refractivity (Wildman–Crippen MR) is 96.1 cm³/mol. The first-order valence-corrected chi connectivity index (χ1v) is 8.72. The van der Waals surface area contributed by atoms with Crippen molar-refractivity contribution in [1.82, 2.24) is 9.97 Å². The lowest BCUT2D eigenvalue weighted by Crippen LogP contribution is -2.39. The minimum atomic E-state index is 0.600. The second-order valence-corrected chi connectivity index (χ2v) is 6.41. The molecule has 2 aromatic rings. The summed E-state index contributed by atoms with van der Waals surface area (Å²) in [5.41, 5.74) is 1.16. The Bertz CT molecular complexity index is 629. The van der Waals surface area contributed by atoms with Gasteiger partial charge in [0.1, 0.15) is 5.82 Å². The van der Waals surface area contributed by atoms with E-state index in [-0.39, 0.29) is 0 Å². The second kappa shape index (κ2) is 7.64. The van der Waals surface area contributed by atoms with E-state index in [2.05, 4.69) is 22.1 Å². The summed E-state index contributed by atoms with van der Waals surface area (Å²) in [4.78, 5) is 11.5. The lowest BCUT2D eigenvalue weighted by atomic mass is 10.0. The summed E-state index contributed by atoms with van der Waals surface area (Å²) in [5.74, 6) is 1.71. The summed E-state index contributed by atoms with van der Waals surface area (Å²) in [7, 11) is 0. The van der Waals surface area contributed by atoms with Crippen LogP contribution in [-0.4, -0.2) is 22.6 Å². The van der Waals surface area contributed by atoms with E-state index in [1.807, 2.05) is 36.5 Å². The van der Waals surface area contributed by atoms with Crippen molar-refractivity contribution in [2.75, 3.05) is 16.8 Å². The highest BCUT2D eigenvalue weighted by atomic mass is 35.5. The zero-order chi connectivity index (χ0) is 16.1. The molecule has 122 valence electrons. The van der Waals surface area contributed by atoms with Gasteiger partial charge in [-0.05, 0) is 49.4 Å². The molecule has 0 bridgehead atoms. The molecule has 1 fully saturated rings. The number of nitrogens with zero attached hydrogens (tertiary/aromatic N) is 3. The molecule has 1 saturated heterocycles. The normalized spacial score (nSPS) is 18.0. The Labute approximate surface area is 142 Å². The highest BCUT2D eigenvalue weighted by Gasteiger charge is 2.22. The van der Waals surface area contributed by atoms with Gasteiger partial charge < -0.3 is 10.2 Å². The van der Waals surface area contributed by atoms with E-state index < -0.39 is 0 Å². The fourth-order valence-electron chi connectivity index (χ4n) is 3.10. The van der Waals surface area contributed by atoms with Crippen molar-refractivity contribution >= 4 is 23.4 Å². The molecule has 2 heterocycles. The minimum absolute atomic E-state index is 0.600. The Morgan fingerprint density at radius 1 is 1.22 bits per heavy atom. The van der Waals surface area contributed by atoms with Gasteiger partial charge in [-0.25, -0.2) is 4.98 Å². The largest absolute Gasteiger partial charge is 0.353 e. The number of hydrogen-bond donors (Lipinski definition) is 1. The molecule has 1 aliphatic heterocycles. The quantitative estimate of drug-likeness (QED) is 0.875. The number of halogens is 1. The first kappa shape index (κ1) is 16.1. The highest BCUT2D eigenvalue weighted by molar-refractivity contribution is 6.30. The smallest absolute Gasteiger partial charge is 0.224 e. The van der Waals surface area contributed by atoms with E-state index in [4.69, 9.17) is 16.6 Å². The Hall–Kier alpha value is -1.81. The van der Waals surface area contributed by atoms with Crippen LogP contribution >= 0.6 is 11.6 Å². The van der Waals surface area contributed by atoms with Gasteiger partial charge in [0.05, 0.1) is 0 Å². The maximum atomic E-state index is 5.91. The van der Waals surface area contributed by atoms with E-state index in [1.54, 1.807) is 0 Å². The van der Waals surface area contributed by atoms with Crippen molar-refractivity contribution in [3.8, 4) is 0 Å². The summed E-state index contributed by atoms with van der Waals surface area (Å²) >= 11 is 5.91. The molecule has 1 N–H and O–H groups in total. The van der Waals surface area contributed by atoms with Crippen molar-refractivity contribution in [2.45, 2.75) is 45.2 Å². The molecule has 23 heavy (non-hydrogen) atoms. The minimum Gasteiger partial charge on any atom is -0.353 e. The Kier molecular flexibility index (Phi) is 5.34. The first-order chi connectivity index (χ1) is 11.3. The predicted octanol–water partition coefficient (Wildman–Crippen LogP) is 4.51. The molecule has 1 aromatic carbocycles. The third-order valence-electron chi connectivity index (χ3n) is 4.40. The van der Waals surface area contributed by atoms with Crippen molar-refractivity contribution in [1.29, 1.82) is 0 Å². The zero-order valence-corrected chi connectivity index (χ0v) is 14.3. The van der Waals surface area contributed by atoms with Crippen molar-refractivity contribution in [2.24, 2.45) is 0 Å². The van der Waals surface area contributed by atoms with Crippen LogP contribution in [0.3, 0.4) is 0 Å². The molecule has 0 aliphatic carbocycles. The van der Waals surface area contributed by atoms with Crippen molar-refractivity contribution < 1.29 is 0 Å². The summed E-state index contributed by atoms with van der Waals surface area (Å²) in [6.07, 6.45) is 6.83. The van der Waals surface area contributed by atoms with Gasteiger partial charge in [-0.2, -0.15) is 4.98 Å². The molecule has 1 atom stereocenters. The third kappa shape index (κ3) is 4.14. The van der Waals surface area contributed by atoms with Gasteiger partial charge in [0.25, 0.3) is 0 Å².